The number of rotatable bonds is 5. The quantitative estimate of drug-likeness (QED) is 0.704. The van der Waals surface area contributed by atoms with Crippen molar-refractivity contribution in [2.24, 2.45) is 5.92 Å². The van der Waals surface area contributed by atoms with Crippen molar-refractivity contribution in [1.29, 1.82) is 0 Å². The number of fused-ring (bicyclic) bond motifs is 1. The van der Waals surface area contributed by atoms with E-state index in [1.807, 2.05) is 11.8 Å². The van der Waals surface area contributed by atoms with Crippen LogP contribution in [-0.4, -0.2) is 54.8 Å². The molecule has 6 nitrogen and oxygen atoms in total. The van der Waals surface area contributed by atoms with Crippen LogP contribution in [0.1, 0.15) is 18.9 Å². The molecule has 1 fully saturated rings. The van der Waals surface area contributed by atoms with Crippen LogP contribution in [0.15, 0.2) is 30.5 Å². The van der Waals surface area contributed by atoms with Gasteiger partial charge in [0.2, 0.25) is 5.91 Å². The Labute approximate surface area is 167 Å². The molecule has 29 heavy (non-hydrogen) atoms. The van der Waals surface area contributed by atoms with E-state index in [-0.39, 0.29) is 30.0 Å². The molecule has 9 heteroatoms. The molecule has 0 aliphatic carbocycles. The Balaban J connectivity index is 1.90. The largest absolute Gasteiger partial charge is 0.418 e. The predicted molar refractivity (Wildman–Crippen MR) is 105 cm³/mol. The number of carbonyl (C=O) groups is 1. The van der Waals surface area contributed by atoms with Crippen molar-refractivity contribution < 1.29 is 23.1 Å². The van der Waals surface area contributed by atoms with Crippen molar-refractivity contribution in [2.75, 3.05) is 31.6 Å². The third-order valence-corrected chi connectivity index (χ3v) is 5.25. The van der Waals surface area contributed by atoms with Crippen LogP contribution in [0.25, 0.3) is 10.9 Å². The van der Waals surface area contributed by atoms with Crippen LogP contribution in [0.2, 0.25) is 0 Å². The van der Waals surface area contributed by atoms with E-state index in [1.54, 1.807) is 19.2 Å². The second kappa shape index (κ2) is 8.54. The highest BCUT2D eigenvalue weighted by atomic mass is 19.4. The number of halogens is 3. The summed E-state index contributed by atoms with van der Waals surface area (Å²) < 4.78 is 40.1. The van der Waals surface area contributed by atoms with Gasteiger partial charge in [-0.3, -0.25) is 9.78 Å². The van der Waals surface area contributed by atoms with Gasteiger partial charge in [0, 0.05) is 36.4 Å². The number of aliphatic hydroxyl groups is 1. The topological polar surface area (TPSA) is 77.5 Å². The van der Waals surface area contributed by atoms with Gasteiger partial charge >= 0.3 is 6.18 Å². The lowest BCUT2D eigenvalue weighted by Gasteiger charge is -2.39. The van der Waals surface area contributed by atoms with E-state index < -0.39 is 17.8 Å². The number of hydrogen-bond donors (Lipinski definition) is 3. The molecule has 1 aromatic carbocycles. The Bertz CT molecular complexity index is 870. The van der Waals surface area contributed by atoms with Gasteiger partial charge in [-0.1, -0.05) is 6.92 Å². The molecule has 0 bridgehead atoms. The average molecular weight is 410 g/mol. The monoisotopic (exact) mass is 410 g/mol. The lowest BCUT2D eigenvalue weighted by molar-refractivity contribution is -0.136. The first-order valence-electron chi connectivity index (χ1n) is 9.53. The van der Waals surface area contributed by atoms with Crippen molar-refractivity contribution in [2.45, 2.75) is 31.6 Å². The molecule has 3 rings (SSSR count). The van der Waals surface area contributed by atoms with Crippen LogP contribution in [-0.2, 0) is 11.0 Å². The van der Waals surface area contributed by atoms with Crippen LogP contribution < -0.4 is 15.5 Å². The second-order valence-corrected chi connectivity index (χ2v) is 7.50. The molecule has 1 aliphatic heterocycles. The number of hydrogen-bond acceptors (Lipinski definition) is 5. The van der Waals surface area contributed by atoms with Gasteiger partial charge in [-0.2, -0.15) is 13.2 Å². The van der Waals surface area contributed by atoms with Gasteiger partial charge in [0.15, 0.2) is 0 Å². The molecule has 0 unspecified atom stereocenters. The van der Waals surface area contributed by atoms with Crippen LogP contribution in [0.5, 0.6) is 0 Å². The molecule has 0 spiro atoms. The van der Waals surface area contributed by atoms with E-state index in [2.05, 4.69) is 15.6 Å². The molecule has 0 radical (unpaired) electrons. The van der Waals surface area contributed by atoms with Crippen LogP contribution >= 0.6 is 0 Å². The normalized spacial score (nSPS) is 21.2. The molecule has 0 saturated carbocycles. The molecule has 2 aromatic rings. The number of pyridine rings is 1. The molecule has 2 heterocycles. The Morgan fingerprint density at radius 3 is 2.76 bits per heavy atom. The Morgan fingerprint density at radius 2 is 2.10 bits per heavy atom. The zero-order valence-electron chi connectivity index (χ0n) is 16.3. The summed E-state index contributed by atoms with van der Waals surface area (Å²) in [5.74, 6) is -0.0711. The molecule has 3 atom stereocenters. The number of anilines is 1. The average Bonchev–Trinajstić information content (AvgIpc) is 2.66. The van der Waals surface area contributed by atoms with E-state index in [9.17, 15) is 23.1 Å². The number of amides is 1. The number of piperidine rings is 1. The summed E-state index contributed by atoms with van der Waals surface area (Å²) in [5.41, 5.74) is -0.169. The molecule has 3 N–H and O–H groups in total. The molecule has 1 aromatic heterocycles. The number of carbonyl (C=O) groups excluding carboxylic acids is 1. The minimum absolute atomic E-state index is 0.0770. The van der Waals surface area contributed by atoms with Gasteiger partial charge in [0.05, 0.1) is 17.7 Å². The summed E-state index contributed by atoms with van der Waals surface area (Å²) in [6.45, 7) is 2.85. The van der Waals surface area contributed by atoms with Crippen LogP contribution in [0, 0.1) is 5.92 Å². The van der Waals surface area contributed by atoms with Crippen molar-refractivity contribution in [3.63, 3.8) is 0 Å². The highest BCUT2D eigenvalue weighted by Gasteiger charge is 2.35. The minimum Gasteiger partial charge on any atom is -0.394 e. The van der Waals surface area contributed by atoms with E-state index in [1.165, 1.54) is 12.3 Å². The standard InChI is InChI=1S/C20H25F3N4O2/c1-12-8-13(26-19(29)16(11-28)24-2)10-27(9-12)17-6-5-15(20(21,22)23)18-14(17)4-3-7-25-18/h3-7,12-13,16,24,28H,8-11H2,1-2H3,(H,26,29)/t12-,13+,16-/m0/s1. The lowest BCUT2D eigenvalue weighted by atomic mass is 9.94. The minimum atomic E-state index is -4.48. The third-order valence-electron chi connectivity index (χ3n) is 5.25. The zero-order valence-corrected chi connectivity index (χ0v) is 16.3. The number of nitrogens with one attached hydrogen (secondary N) is 2. The van der Waals surface area contributed by atoms with Gasteiger partial charge in [0.25, 0.3) is 0 Å². The highest BCUT2D eigenvalue weighted by molar-refractivity contribution is 5.94. The lowest BCUT2D eigenvalue weighted by Crippen LogP contribution is -2.55. The Kier molecular flexibility index (Phi) is 6.28. The van der Waals surface area contributed by atoms with Gasteiger partial charge < -0.3 is 20.6 Å². The SMILES string of the molecule is CN[C@@H](CO)C(=O)N[C@@H]1C[C@H](C)CN(c2ccc(C(F)(F)F)c3ncccc23)C1. The number of benzene rings is 1. The molecule has 158 valence electrons. The summed E-state index contributed by atoms with van der Waals surface area (Å²) >= 11 is 0. The molecular weight excluding hydrogens is 385 g/mol. The van der Waals surface area contributed by atoms with E-state index in [0.29, 0.717) is 24.2 Å². The number of likely N-dealkylation sites (N-methyl/N-ethyl adjacent to an activating group) is 1. The predicted octanol–water partition coefficient (Wildman–Crippen LogP) is 2.16. The third kappa shape index (κ3) is 4.62. The second-order valence-electron chi connectivity index (χ2n) is 7.50. The fourth-order valence-electron chi connectivity index (χ4n) is 3.92. The first kappa shape index (κ1) is 21.3. The first-order valence-corrected chi connectivity index (χ1v) is 9.53. The van der Waals surface area contributed by atoms with Gasteiger partial charge in [-0.15, -0.1) is 0 Å². The van der Waals surface area contributed by atoms with Crippen molar-refractivity contribution in [1.82, 2.24) is 15.6 Å². The van der Waals surface area contributed by atoms with Crippen molar-refractivity contribution in [3.8, 4) is 0 Å². The fraction of sp³-hybridized carbons (Fsp3) is 0.500. The van der Waals surface area contributed by atoms with Gasteiger partial charge in [-0.05, 0) is 43.7 Å². The fourth-order valence-corrected chi connectivity index (χ4v) is 3.92. The highest BCUT2D eigenvalue weighted by Crippen LogP contribution is 2.38. The smallest absolute Gasteiger partial charge is 0.394 e. The maximum Gasteiger partial charge on any atom is 0.418 e. The van der Waals surface area contributed by atoms with Gasteiger partial charge in [-0.25, -0.2) is 0 Å². The number of aromatic nitrogens is 1. The molecule has 1 amide bonds. The molecule has 1 aliphatic rings. The van der Waals surface area contributed by atoms with E-state index >= 15 is 0 Å². The number of nitrogens with zero attached hydrogens (tertiary/aromatic N) is 2. The summed E-state index contributed by atoms with van der Waals surface area (Å²) in [7, 11) is 1.59. The molecular formula is C20H25F3N4O2. The van der Waals surface area contributed by atoms with Gasteiger partial charge in [0.1, 0.15) is 6.04 Å². The number of alkyl halides is 3. The summed E-state index contributed by atoms with van der Waals surface area (Å²) in [6.07, 6.45) is -2.37. The Hall–Kier alpha value is -2.39. The maximum atomic E-state index is 13.4. The summed E-state index contributed by atoms with van der Waals surface area (Å²) in [5, 5.41) is 15.4. The van der Waals surface area contributed by atoms with Crippen LogP contribution in [0.4, 0.5) is 18.9 Å². The van der Waals surface area contributed by atoms with E-state index in [4.69, 9.17) is 0 Å². The Morgan fingerprint density at radius 1 is 1.34 bits per heavy atom. The van der Waals surface area contributed by atoms with Crippen LogP contribution in [0.3, 0.4) is 0 Å². The maximum absolute atomic E-state index is 13.4. The van der Waals surface area contributed by atoms with Crippen molar-refractivity contribution in [3.05, 3.63) is 36.0 Å². The summed E-state index contributed by atoms with van der Waals surface area (Å²) in [4.78, 5) is 18.3. The van der Waals surface area contributed by atoms with E-state index in [0.717, 1.165) is 12.5 Å². The first-order chi connectivity index (χ1) is 13.7. The number of aliphatic hydroxyl groups excluding tert-OH is 1. The van der Waals surface area contributed by atoms with Crippen molar-refractivity contribution >= 4 is 22.5 Å². The molecule has 1 saturated heterocycles. The summed E-state index contributed by atoms with van der Waals surface area (Å²) in [6, 6.07) is 4.94. The zero-order chi connectivity index (χ0) is 21.2.